The van der Waals surface area contributed by atoms with E-state index in [9.17, 15) is 5.11 Å². The Hall–Kier alpha value is 0.780. The molecule has 0 amide bonds. The summed E-state index contributed by atoms with van der Waals surface area (Å²) in [7, 11) is 2.86. The highest BCUT2D eigenvalue weighted by atomic mass is 35.5. The Labute approximate surface area is 120 Å². The fraction of sp³-hybridized carbons (Fsp3) is 0.800. The van der Waals surface area contributed by atoms with Gasteiger partial charge in [-0.15, -0.1) is 23.2 Å². The predicted molar refractivity (Wildman–Crippen MR) is 67.8 cm³/mol. The van der Waals surface area contributed by atoms with Crippen molar-refractivity contribution >= 4 is 46.4 Å². The van der Waals surface area contributed by atoms with Crippen molar-refractivity contribution in [2.24, 2.45) is 5.92 Å². The molecule has 0 aliphatic heterocycles. The second kappa shape index (κ2) is 4.14. The number of methoxy groups -OCH3 is 2. The first kappa shape index (κ1) is 14.2. The molecule has 1 N–H and O–H groups in total. The fourth-order valence-electron chi connectivity index (χ4n) is 2.96. The number of hydrogen-bond acceptors (Lipinski definition) is 3. The van der Waals surface area contributed by atoms with Crippen molar-refractivity contribution in [2.45, 2.75) is 22.0 Å². The molecule has 7 heteroatoms. The average molecular weight is 322 g/mol. The molecule has 1 fully saturated rings. The summed E-state index contributed by atoms with van der Waals surface area (Å²) in [4.78, 5) is -2.42. The molecule has 2 bridgehead atoms. The van der Waals surface area contributed by atoms with Crippen LogP contribution in [0, 0.1) is 5.92 Å². The molecule has 2 rings (SSSR count). The number of ether oxygens (including phenoxy) is 2. The smallest absolute Gasteiger partial charge is 0.217 e. The molecule has 17 heavy (non-hydrogen) atoms. The Morgan fingerprint density at radius 3 is 2.12 bits per heavy atom. The van der Waals surface area contributed by atoms with Crippen LogP contribution in [-0.4, -0.2) is 41.5 Å². The number of hydrogen-bond donors (Lipinski definition) is 1. The molecule has 0 saturated heterocycles. The van der Waals surface area contributed by atoms with Crippen LogP contribution < -0.4 is 0 Å². The molecule has 98 valence electrons. The van der Waals surface area contributed by atoms with Gasteiger partial charge >= 0.3 is 0 Å². The molecule has 0 aromatic rings. The highest BCUT2D eigenvalue weighted by molar-refractivity contribution is 6.51. The molecule has 0 unspecified atom stereocenters. The van der Waals surface area contributed by atoms with Crippen LogP contribution in [0.25, 0.3) is 0 Å². The highest BCUT2D eigenvalue weighted by Crippen LogP contribution is 2.71. The molecule has 0 aromatic carbocycles. The quantitative estimate of drug-likeness (QED) is 0.641. The minimum absolute atomic E-state index is 0.174. The molecule has 0 aromatic heterocycles. The summed E-state index contributed by atoms with van der Waals surface area (Å²) in [6.07, 6.45) is 0.339. The summed E-state index contributed by atoms with van der Waals surface area (Å²) in [6, 6.07) is 0. The maximum Gasteiger partial charge on any atom is 0.217 e. The zero-order valence-electron chi connectivity index (χ0n) is 9.27. The van der Waals surface area contributed by atoms with E-state index >= 15 is 0 Å². The topological polar surface area (TPSA) is 38.7 Å². The van der Waals surface area contributed by atoms with Crippen LogP contribution in [0.4, 0.5) is 0 Å². The Kier molecular flexibility index (Phi) is 3.45. The van der Waals surface area contributed by atoms with Crippen LogP contribution in [0.2, 0.25) is 0 Å². The predicted octanol–water partition coefficient (Wildman–Crippen LogP) is 2.65. The first-order valence-electron chi connectivity index (χ1n) is 5.01. The second-order valence-electron chi connectivity index (χ2n) is 4.25. The lowest BCUT2D eigenvalue weighted by Gasteiger charge is -2.41. The largest absolute Gasteiger partial charge is 0.396 e. The van der Waals surface area contributed by atoms with Crippen molar-refractivity contribution in [3.05, 3.63) is 10.1 Å². The van der Waals surface area contributed by atoms with Crippen LogP contribution in [0.3, 0.4) is 0 Å². The van der Waals surface area contributed by atoms with Gasteiger partial charge in [-0.2, -0.15) is 0 Å². The van der Waals surface area contributed by atoms with Gasteiger partial charge in [-0.25, -0.2) is 0 Å². The van der Waals surface area contributed by atoms with E-state index in [4.69, 9.17) is 55.9 Å². The number of aliphatic hydroxyl groups excluding tert-OH is 1. The van der Waals surface area contributed by atoms with Crippen LogP contribution in [0.1, 0.15) is 6.42 Å². The summed E-state index contributed by atoms with van der Waals surface area (Å²) in [5, 5.41) is 9.83. The minimum Gasteiger partial charge on any atom is -0.396 e. The fourth-order valence-corrected chi connectivity index (χ4v) is 5.03. The van der Waals surface area contributed by atoms with Crippen molar-refractivity contribution in [1.82, 2.24) is 0 Å². The summed E-state index contributed by atoms with van der Waals surface area (Å²) in [5.74, 6) is -1.75. The van der Waals surface area contributed by atoms with E-state index in [1.165, 1.54) is 14.2 Å². The molecule has 0 spiro atoms. The SMILES string of the molecule is COC1(OC)[C@]2(Cl)C[C@@H](CO)[C@@]1(Cl)C(Cl)=C2Cl. The molecule has 0 radical (unpaired) electrons. The average Bonchev–Trinajstić information content (AvgIpc) is 2.60. The third-order valence-corrected chi connectivity index (χ3v) is 6.37. The number of rotatable bonds is 3. The van der Waals surface area contributed by atoms with Crippen molar-refractivity contribution in [3.8, 4) is 0 Å². The number of aliphatic hydroxyl groups is 1. The normalized spacial score (nSPS) is 43.6. The zero-order chi connectivity index (χ0) is 13.1. The van der Waals surface area contributed by atoms with Crippen LogP contribution in [-0.2, 0) is 9.47 Å². The molecule has 2 aliphatic rings. The van der Waals surface area contributed by atoms with Gasteiger partial charge in [0.1, 0.15) is 9.75 Å². The molecule has 1 saturated carbocycles. The molecule has 3 atom stereocenters. The van der Waals surface area contributed by atoms with E-state index in [1.807, 2.05) is 0 Å². The van der Waals surface area contributed by atoms with Crippen LogP contribution in [0.15, 0.2) is 10.1 Å². The van der Waals surface area contributed by atoms with E-state index in [1.54, 1.807) is 0 Å². The Morgan fingerprint density at radius 2 is 1.76 bits per heavy atom. The van der Waals surface area contributed by atoms with E-state index in [0.717, 1.165) is 0 Å². The Bertz CT molecular complexity index is 382. The standard InChI is InChI=1S/C10H12Cl4O3/c1-16-10(17-2)8(13)3-5(4-15)9(10,14)7(12)6(8)11/h5,15H,3-4H2,1-2H3/t5-,8-,9+/m0/s1. The van der Waals surface area contributed by atoms with Gasteiger partial charge in [0.15, 0.2) is 0 Å². The maximum absolute atomic E-state index is 9.42. The lowest BCUT2D eigenvalue weighted by atomic mass is 9.92. The third-order valence-electron chi connectivity index (χ3n) is 3.75. The molecular formula is C10H12Cl4O3. The summed E-state index contributed by atoms with van der Waals surface area (Å²) in [5.41, 5.74) is 0. The van der Waals surface area contributed by atoms with Crippen molar-refractivity contribution < 1.29 is 14.6 Å². The second-order valence-corrected chi connectivity index (χ2v) is 6.25. The lowest BCUT2D eigenvalue weighted by Crippen LogP contribution is -2.57. The van der Waals surface area contributed by atoms with Gasteiger partial charge in [-0.05, 0) is 6.42 Å². The van der Waals surface area contributed by atoms with Gasteiger partial charge in [0.2, 0.25) is 5.79 Å². The van der Waals surface area contributed by atoms with E-state index in [2.05, 4.69) is 0 Å². The van der Waals surface area contributed by atoms with E-state index in [0.29, 0.717) is 6.42 Å². The Morgan fingerprint density at radius 1 is 1.24 bits per heavy atom. The van der Waals surface area contributed by atoms with Crippen molar-refractivity contribution in [2.75, 3.05) is 20.8 Å². The molecule has 2 aliphatic carbocycles. The van der Waals surface area contributed by atoms with Gasteiger partial charge in [0.25, 0.3) is 0 Å². The number of alkyl halides is 2. The summed E-state index contributed by atoms with van der Waals surface area (Å²) >= 11 is 25.4. The zero-order valence-corrected chi connectivity index (χ0v) is 12.3. The highest BCUT2D eigenvalue weighted by Gasteiger charge is 2.80. The van der Waals surface area contributed by atoms with Crippen molar-refractivity contribution in [3.63, 3.8) is 0 Å². The van der Waals surface area contributed by atoms with Crippen LogP contribution in [0.5, 0.6) is 0 Å². The number of fused-ring (bicyclic) bond motifs is 2. The monoisotopic (exact) mass is 320 g/mol. The van der Waals surface area contributed by atoms with Crippen LogP contribution >= 0.6 is 46.4 Å². The van der Waals surface area contributed by atoms with Gasteiger partial charge in [-0.3, -0.25) is 0 Å². The van der Waals surface area contributed by atoms with E-state index < -0.39 is 15.5 Å². The van der Waals surface area contributed by atoms with Gasteiger partial charge in [0, 0.05) is 26.7 Å². The summed E-state index contributed by atoms with van der Waals surface area (Å²) < 4.78 is 10.8. The Balaban J connectivity index is 2.68. The number of halogens is 4. The maximum atomic E-state index is 9.42. The van der Waals surface area contributed by atoms with Crippen molar-refractivity contribution in [1.29, 1.82) is 0 Å². The lowest BCUT2D eigenvalue weighted by molar-refractivity contribution is -0.219. The van der Waals surface area contributed by atoms with E-state index in [-0.39, 0.29) is 22.6 Å². The summed E-state index contributed by atoms with van der Waals surface area (Å²) in [6.45, 7) is -0.174. The molecule has 3 nitrogen and oxygen atoms in total. The van der Waals surface area contributed by atoms with Gasteiger partial charge in [0.05, 0.1) is 10.1 Å². The molecular weight excluding hydrogens is 310 g/mol. The van der Waals surface area contributed by atoms with Gasteiger partial charge in [-0.1, -0.05) is 23.2 Å². The third kappa shape index (κ3) is 1.27. The first-order valence-corrected chi connectivity index (χ1v) is 6.52. The molecule has 0 heterocycles. The minimum atomic E-state index is -1.37. The first-order chi connectivity index (χ1) is 7.85. The van der Waals surface area contributed by atoms with Gasteiger partial charge < -0.3 is 14.6 Å².